The van der Waals surface area contributed by atoms with E-state index < -0.39 is 5.82 Å². The molecule has 0 bridgehead atoms. The van der Waals surface area contributed by atoms with Crippen molar-refractivity contribution in [2.75, 3.05) is 0 Å². The van der Waals surface area contributed by atoms with Gasteiger partial charge in [0.25, 0.3) is 5.56 Å². The Bertz CT molecular complexity index is 637. The monoisotopic (exact) mass is 266 g/mol. The lowest BCUT2D eigenvalue weighted by molar-refractivity contribution is 0.628. The highest BCUT2D eigenvalue weighted by atomic mass is 35.5. The van der Waals surface area contributed by atoms with Crippen LogP contribution in [0.5, 0.6) is 0 Å². The van der Waals surface area contributed by atoms with Gasteiger partial charge in [-0.05, 0) is 24.1 Å². The highest BCUT2D eigenvalue weighted by molar-refractivity contribution is 6.30. The summed E-state index contributed by atoms with van der Waals surface area (Å²) in [5, 5.41) is 0.0427. The molecular weight excluding hydrogens is 255 g/mol. The molecule has 3 nitrogen and oxygen atoms in total. The summed E-state index contributed by atoms with van der Waals surface area (Å²) in [5.41, 5.74) is 0.916. The van der Waals surface area contributed by atoms with E-state index in [9.17, 15) is 9.18 Å². The van der Waals surface area contributed by atoms with Crippen LogP contribution in [0.1, 0.15) is 25.5 Å². The third-order valence-electron chi connectivity index (χ3n) is 2.55. The number of nitrogens with one attached hydrogen (secondary N) is 1. The number of aromatic amines is 1. The summed E-state index contributed by atoms with van der Waals surface area (Å²) in [5.74, 6) is -0.0586. The third kappa shape index (κ3) is 2.59. The van der Waals surface area contributed by atoms with Crippen molar-refractivity contribution in [3.8, 4) is 11.4 Å². The van der Waals surface area contributed by atoms with Crippen molar-refractivity contribution in [1.82, 2.24) is 9.97 Å². The highest BCUT2D eigenvalue weighted by Gasteiger charge is 2.09. The van der Waals surface area contributed by atoms with Crippen molar-refractivity contribution in [2.45, 2.75) is 19.8 Å². The Morgan fingerprint density at radius 1 is 1.33 bits per heavy atom. The SMILES string of the molecule is CC(C)c1cc(=O)[nH]c(-c2ccc(Cl)c(F)c2)n1. The number of nitrogens with zero attached hydrogens (tertiary/aromatic N) is 1. The largest absolute Gasteiger partial charge is 0.307 e. The second-order valence-electron chi connectivity index (χ2n) is 4.30. The third-order valence-corrected chi connectivity index (χ3v) is 2.85. The van der Waals surface area contributed by atoms with Crippen molar-refractivity contribution in [3.63, 3.8) is 0 Å². The first-order valence-corrected chi connectivity index (χ1v) is 5.92. The van der Waals surface area contributed by atoms with Crippen molar-refractivity contribution in [2.24, 2.45) is 0 Å². The van der Waals surface area contributed by atoms with E-state index in [1.54, 1.807) is 6.07 Å². The molecule has 0 amide bonds. The van der Waals surface area contributed by atoms with Crippen LogP contribution < -0.4 is 5.56 Å². The molecule has 2 aromatic rings. The average Bonchev–Trinajstić information content (AvgIpc) is 2.31. The van der Waals surface area contributed by atoms with Gasteiger partial charge in [-0.3, -0.25) is 4.79 Å². The van der Waals surface area contributed by atoms with Crippen LogP contribution in [0.4, 0.5) is 4.39 Å². The minimum atomic E-state index is -0.535. The molecule has 5 heteroatoms. The maximum atomic E-state index is 13.4. The fourth-order valence-electron chi connectivity index (χ4n) is 1.55. The van der Waals surface area contributed by atoms with E-state index in [1.807, 2.05) is 13.8 Å². The standard InChI is InChI=1S/C13H12ClFN2O/c1-7(2)11-6-12(18)17-13(16-11)8-3-4-9(14)10(15)5-8/h3-7H,1-2H3,(H,16,17,18). The molecule has 1 N–H and O–H groups in total. The van der Waals surface area contributed by atoms with Gasteiger partial charge in [-0.25, -0.2) is 9.37 Å². The first kappa shape index (κ1) is 12.8. The fourth-order valence-corrected chi connectivity index (χ4v) is 1.67. The van der Waals surface area contributed by atoms with Gasteiger partial charge in [0.15, 0.2) is 0 Å². The van der Waals surface area contributed by atoms with E-state index in [0.717, 1.165) is 0 Å². The molecule has 0 aliphatic rings. The molecule has 0 saturated carbocycles. The van der Waals surface area contributed by atoms with Gasteiger partial charge in [-0.15, -0.1) is 0 Å². The summed E-state index contributed by atoms with van der Waals surface area (Å²) in [6.07, 6.45) is 0. The molecule has 0 spiro atoms. The van der Waals surface area contributed by atoms with E-state index in [2.05, 4.69) is 9.97 Å². The predicted molar refractivity (Wildman–Crippen MR) is 69.4 cm³/mol. The van der Waals surface area contributed by atoms with E-state index in [1.165, 1.54) is 18.2 Å². The van der Waals surface area contributed by atoms with Crippen molar-refractivity contribution in [1.29, 1.82) is 0 Å². The molecule has 0 aliphatic heterocycles. The van der Waals surface area contributed by atoms with Gasteiger partial charge in [0.2, 0.25) is 0 Å². The topological polar surface area (TPSA) is 45.8 Å². The molecule has 0 radical (unpaired) electrons. The lowest BCUT2D eigenvalue weighted by atomic mass is 10.1. The van der Waals surface area contributed by atoms with Crippen LogP contribution in [0.3, 0.4) is 0 Å². The smallest absolute Gasteiger partial charge is 0.251 e. The summed E-state index contributed by atoms with van der Waals surface area (Å²) < 4.78 is 13.4. The van der Waals surface area contributed by atoms with Gasteiger partial charge < -0.3 is 4.98 Å². The molecule has 1 aromatic heterocycles. The quantitative estimate of drug-likeness (QED) is 0.906. The van der Waals surface area contributed by atoms with Gasteiger partial charge >= 0.3 is 0 Å². The summed E-state index contributed by atoms with van der Waals surface area (Å²) >= 11 is 5.61. The number of aromatic nitrogens is 2. The van der Waals surface area contributed by atoms with E-state index in [0.29, 0.717) is 17.1 Å². The molecular formula is C13H12ClFN2O. The van der Waals surface area contributed by atoms with E-state index in [-0.39, 0.29) is 16.5 Å². The number of hydrogen-bond donors (Lipinski definition) is 1. The Morgan fingerprint density at radius 2 is 2.06 bits per heavy atom. The Labute approximate surface area is 109 Å². The number of benzene rings is 1. The minimum Gasteiger partial charge on any atom is -0.307 e. The first-order chi connectivity index (χ1) is 8.47. The van der Waals surface area contributed by atoms with Crippen molar-refractivity contribution in [3.05, 3.63) is 51.2 Å². The van der Waals surface area contributed by atoms with Gasteiger partial charge in [-0.1, -0.05) is 25.4 Å². The lowest BCUT2D eigenvalue weighted by Gasteiger charge is -2.07. The van der Waals surface area contributed by atoms with Gasteiger partial charge in [0, 0.05) is 11.6 Å². The molecule has 0 aliphatic carbocycles. The van der Waals surface area contributed by atoms with Gasteiger partial charge in [0.05, 0.1) is 10.7 Å². The van der Waals surface area contributed by atoms with Crippen molar-refractivity contribution < 1.29 is 4.39 Å². The maximum absolute atomic E-state index is 13.4. The van der Waals surface area contributed by atoms with Crippen LogP contribution in [-0.2, 0) is 0 Å². The number of rotatable bonds is 2. The molecule has 18 heavy (non-hydrogen) atoms. The van der Waals surface area contributed by atoms with E-state index >= 15 is 0 Å². The second-order valence-corrected chi connectivity index (χ2v) is 4.71. The second kappa shape index (κ2) is 4.90. The zero-order valence-electron chi connectivity index (χ0n) is 10.00. The lowest BCUT2D eigenvalue weighted by Crippen LogP contribution is -2.11. The maximum Gasteiger partial charge on any atom is 0.251 e. The van der Waals surface area contributed by atoms with Crippen LogP contribution in [0, 0.1) is 5.82 Å². The molecule has 0 unspecified atom stereocenters. The van der Waals surface area contributed by atoms with Crippen LogP contribution >= 0.6 is 11.6 Å². The van der Waals surface area contributed by atoms with E-state index in [4.69, 9.17) is 11.6 Å². The fraction of sp³-hybridized carbons (Fsp3) is 0.231. The Hall–Kier alpha value is -1.68. The number of hydrogen-bond acceptors (Lipinski definition) is 2. The highest BCUT2D eigenvalue weighted by Crippen LogP contribution is 2.22. The molecule has 0 saturated heterocycles. The van der Waals surface area contributed by atoms with Gasteiger partial charge in [-0.2, -0.15) is 0 Å². The average molecular weight is 267 g/mol. The summed E-state index contributed by atoms with van der Waals surface area (Å²) in [6, 6.07) is 5.76. The molecule has 1 aromatic carbocycles. The molecule has 0 fully saturated rings. The van der Waals surface area contributed by atoms with Crippen LogP contribution in [0.2, 0.25) is 5.02 Å². The van der Waals surface area contributed by atoms with Crippen LogP contribution in [0.15, 0.2) is 29.1 Å². The molecule has 94 valence electrons. The zero-order valence-corrected chi connectivity index (χ0v) is 10.8. The summed E-state index contributed by atoms with van der Waals surface area (Å²) in [7, 11) is 0. The number of halogens is 2. The first-order valence-electron chi connectivity index (χ1n) is 5.54. The molecule has 2 rings (SSSR count). The minimum absolute atomic E-state index is 0.0427. The normalized spacial score (nSPS) is 10.9. The van der Waals surface area contributed by atoms with Crippen LogP contribution in [-0.4, -0.2) is 9.97 Å². The molecule has 0 atom stereocenters. The van der Waals surface area contributed by atoms with Crippen LogP contribution in [0.25, 0.3) is 11.4 Å². The summed E-state index contributed by atoms with van der Waals surface area (Å²) in [6.45, 7) is 3.88. The van der Waals surface area contributed by atoms with Crippen molar-refractivity contribution >= 4 is 11.6 Å². The Balaban J connectivity index is 2.56. The Morgan fingerprint density at radius 3 is 2.67 bits per heavy atom. The van der Waals surface area contributed by atoms with Gasteiger partial charge in [0.1, 0.15) is 11.6 Å². The number of H-pyrrole nitrogens is 1. The zero-order chi connectivity index (χ0) is 13.3. The Kier molecular flexibility index (Phi) is 3.48. The predicted octanol–water partition coefficient (Wildman–Crippen LogP) is 3.35. The molecule has 1 heterocycles. The summed E-state index contributed by atoms with van der Waals surface area (Å²) in [4.78, 5) is 18.4.